The summed E-state index contributed by atoms with van der Waals surface area (Å²) in [5, 5.41) is 4.10. The van der Waals surface area contributed by atoms with E-state index in [1.807, 2.05) is 31.6 Å². The summed E-state index contributed by atoms with van der Waals surface area (Å²) in [4.78, 5) is 4.20. The van der Waals surface area contributed by atoms with Gasteiger partial charge in [-0.2, -0.15) is 0 Å². The van der Waals surface area contributed by atoms with Crippen LogP contribution in [-0.2, 0) is 13.1 Å². The molecule has 0 amide bonds. The highest BCUT2D eigenvalue weighted by atomic mass is 35.5. The number of rotatable bonds is 6. The van der Waals surface area contributed by atoms with Crippen molar-refractivity contribution in [3.05, 3.63) is 40.9 Å². The summed E-state index contributed by atoms with van der Waals surface area (Å²) in [6.07, 6.45) is 4.84. The molecular formula is C15H20ClN3O. The molecule has 1 aromatic heterocycles. The summed E-state index contributed by atoms with van der Waals surface area (Å²) in [6.45, 7) is 5.82. The topological polar surface area (TPSA) is 39.1 Å². The summed E-state index contributed by atoms with van der Waals surface area (Å²) < 4.78 is 7.51. The molecule has 0 spiro atoms. The molecule has 0 aliphatic carbocycles. The van der Waals surface area contributed by atoms with Crippen molar-refractivity contribution in [1.29, 1.82) is 0 Å². The lowest BCUT2D eigenvalue weighted by atomic mass is 10.2. The quantitative estimate of drug-likeness (QED) is 0.878. The van der Waals surface area contributed by atoms with Crippen LogP contribution in [0.3, 0.4) is 0 Å². The number of hydrogen-bond donors (Lipinski definition) is 1. The number of ether oxygens (including phenoxy) is 1. The minimum Gasteiger partial charge on any atom is -0.495 e. The average molecular weight is 294 g/mol. The first kappa shape index (κ1) is 14.7. The van der Waals surface area contributed by atoms with E-state index in [1.165, 1.54) is 0 Å². The van der Waals surface area contributed by atoms with Crippen LogP contribution in [-0.4, -0.2) is 16.7 Å². The first-order chi connectivity index (χ1) is 9.65. The van der Waals surface area contributed by atoms with E-state index in [-0.39, 0.29) is 0 Å². The number of aromatic nitrogens is 2. The van der Waals surface area contributed by atoms with Crippen LogP contribution in [0.2, 0.25) is 5.02 Å². The van der Waals surface area contributed by atoms with Crippen LogP contribution in [0.15, 0.2) is 24.7 Å². The zero-order valence-electron chi connectivity index (χ0n) is 12.1. The van der Waals surface area contributed by atoms with Gasteiger partial charge < -0.3 is 14.6 Å². The number of benzene rings is 1. The van der Waals surface area contributed by atoms with Gasteiger partial charge in [0.25, 0.3) is 0 Å². The van der Waals surface area contributed by atoms with Crippen LogP contribution >= 0.6 is 11.6 Å². The van der Waals surface area contributed by atoms with Crippen molar-refractivity contribution in [2.75, 3.05) is 12.4 Å². The Balaban J connectivity index is 2.14. The number of aryl methyl sites for hydroxylation is 2. The van der Waals surface area contributed by atoms with Gasteiger partial charge in [0.1, 0.15) is 5.75 Å². The Kier molecular flexibility index (Phi) is 4.90. The van der Waals surface area contributed by atoms with Crippen LogP contribution in [0.5, 0.6) is 5.75 Å². The fourth-order valence-corrected chi connectivity index (χ4v) is 2.25. The Morgan fingerprint density at radius 3 is 2.90 bits per heavy atom. The predicted molar refractivity (Wildman–Crippen MR) is 82.6 cm³/mol. The van der Waals surface area contributed by atoms with Crippen molar-refractivity contribution in [3.63, 3.8) is 0 Å². The van der Waals surface area contributed by atoms with Crippen LogP contribution in [0.4, 0.5) is 5.69 Å². The minimum absolute atomic E-state index is 0.706. The van der Waals surface area contributed by atoms with E-state index < -0.39 is 0 Å². The molecule has 4 nitrogen and oxygen atoms in total. The van der Waals surface area contributed by atoms with Crippen molar-refractivity contribution >= 4 is 17.3 Å². The molecule has 0 unspecified atom stereocenters. The van der Waals surface area contributed by atoms with Gasteiger partial charge in [0.2, 0.25) is 0 Å². The lowest BCUT2D eigenvalue weighted by Crippen LogP contribution is -2.07. The molecule has 0 radical (unpaired) electrons. The molecular weight excluding hydrogens is 274 g/mol. The summed E-state index contributed by atoms with van der Waals surface area (Å²) in [5.41, 5.74) is 3.12. The van der Waals surface area contributed by atoms with Gasteiger partial charge in [0, 0.05) is 23.8 Å². The smallest absolute Gasteiger partial charge is 0.143 e. The molecule has 0 aliphatic heterocycles. The third-order valence-electron chi connectivity index (χ3n) is 3.20. The molecule has 2 rings (SSSR count). The maximum Gasteiger partial charge on any atom is 0.143 e. The van der Waals surface area contributed by atoms with Crippen LogP contribution in [0, 0.1) is 6.92 Å². The predicted octanol–water partition coefficient (Wildman–Crippen LogP) is 3.88. The molecule has 0 fully saturated rings. The Morgan fingerprint density at radius 1 is 1.40 bits per heavy atom. The van der Waals surface area contributed by atoms with Gasteiger partial charge in [-0.25, -0.2) is 4.98 Å². The highest BCUT2D eigenvalue weighted by Gasteiger charge is 2.08. The van der Waals surface area contributed by atoms with Gasteiger partial charge in [-0.3, -0.25) is 0 Å². The Hall–Kier alpha value is -1.68. The van der Waals surface area contributed by atoms with E-state index >= 15 is 0 Å². The molecule has 0 saturated carbocycles. The molecule has 1 heterocycles. The molecule has 1 aromatic carbocycles. The molecule has 0 saturated heterocycles. The number of anilines is 1. The first-order valence-electron chi connectivity index (χ1n) is 6.72. The van der Waals surface area contributed by atoms with E-state index in [0.29, 0.717) is 11.6 Å². The van der Waals surface area contributed by atoms with Gasteiger partial charge >= 0.3 is 0 Å². The molecule has 2 aromatic rings. The van der Waals surface area contributed by atoms with Crippen molar-refractivity contribution in [3.8, 4) is 5.75 Å². The maximum absolute atomic E-state index is 6.11. The Morgan fingerprint density at radius 2 is 2.20 bits per heavy atom. The fourth-order valence-electron chi connectivity index (χ4n) is 2.09. The lowest BCUT2D eigenvalue weighted by Gasteiger charge is -2.14. The van der Waals surface area contributed by atoms with E-state index in [4.69, 9.17) is 16.3 Å². The highest BCUT2D eigenvalue weighted by Crippen LogP contribution is 2.31. The van der Waals surface area contributed by atoms with Crippen molar-refractivity contribution < 1.29 is 4.74 Å². The van der Waals surface area contributed by atoms with E-state index in [9.17, 15) is 0 Å². The molecule has 0 bridgehead atoms. The lowest BCUT2D eigenvalue weighted by molar-refractivity contribution is 0.416. The third kappa shape index (κ3) is 3.25. The van der Waals surface area contributed by atoms with Crippen molar-refractivity contribution in [2.45, 2.75) is 33.4 Å². The molecule has 108 valence electrons. The van der Waals surface area contributed by atoms with E-state index in [0.717, 1.165) is 35.7 Å². The summed E-state index contributed by atoms with van der Waals surface area (Å²) in [7, 11) is 1.65. The van der Waals surface area contributed by atoms with Crippen LogP contribution in [0.25, 0.3) is 0 Å². The minimum atomic E-state index is 0.706. The first-order valence-corrected chi connectivity index (χ1v) is 7.10. The monoisotopic (exact) mass is 293 g/mol. The van der Waals surface area contributed by atoms with Crippen LogP contribution < -0.4 is 10.1 Å². The average Bonchev–Trinajstić information content (AvgIpc) is 2.87. The fraction of sp³-hybridized carbons (Fsp3) is 0.400. The summed E-state index contributed by atoms with van der Waals surface area (Å²) in [5.74, 6) is 0.752. The molecule has 5 heteroatoms. The number of hydrogen-bond acceptors (Lipinski definition) is 3. The van der Waals surface area contributed by atoms with E-state index in [1.54, 1.807) is 7.11 Å². The number of halogens is 1. The second-order valence-electron chi connectivity index (χ2n) is 4.73. The van der Waals surface area contributed by atoms with E-state index in [2.05, 4.69) is 21.8 Å². The Labute approximate surface area is 124 Å². The van der Waals surface area contributed by atoms with Crippen molar-refractivity contribution in [2.24, 2.45) is 0 Å². The zero-order chi connectivity index (χ0) is 14.5. The molecule has 1 N–H and O–H groups in total. The number of nitrogens with zero attached hydrogens (tertiary/aromatic N) is 2. The standard InChI is InChI=1S/C15H20ClN3O/c1-4-5-19-10-17-8-12(19)9-18-14-6-11(2)13(16)7-15(14)20-3/h6-8,10,18H,4-5,9H2,1-3H3. The zero-order valence-corrected chi connectivity index (χ0v) is 12.9. The largest absolute Gasteiger partial charge is 0.495 e. The molecule has 0 atom stereocenters. The number of methoxy groups -OCH3 is 1. The number of imidazole rings is 1. The van der Waals surface area contributed by atoms with Crippen molar-refractivity contribution in [1.82, 2.24) is 9.55 Å². The highest BCUT2D eigenvalue weighted by molar-refractivity contribution is 6.31. The molecule has 0 aliphatic rings. The maximum atomic E-state index is 6.11. The van der Waals surface area contributed by atoms with Gasteiger partial charge in [-0.05, 0) is 25.0 Å². The molecule has 20 heavy (non-hydrogen) atoms. The number of nitrogens with one attached hydrogen (secondary N) is 1. The second kappa shape index (κ2) is 6.66. The van der Waals surface area contributed by atoms with Gasteiger partial charge in [0.15, 0.2) is 0 Å². The Bertz CT molecular complexity index is 580. The van der Waals surface area contributed by atoms with Crippen LogP contribution in [0.1, 0.15) is 24.6 Å². The normalized spacial score (nSPS) is 10.6. The summed E-state index contributed by atoms with van der Waals surface area (Å²) in [6, 6.07) is 3.84. The second-order valence-corrected chi connectivity index (χ2v) is 5.14. The third-order valence-corrected chi connectivity index (χ3v) is 3.61. The SMILES string of the molecule is CCCn1cncc1CNc1cc(C)c(Cl)cc1OC. The van der Waals surface area contributed by atoms with Gasteiger partial charge in [-0.15, -0.1) is 0 Å². The summed E-state index contributed by atoms with van der Waals surface area (Å²) >= 11 is 6.11. The van der Waals surface area contributed by atoms with Gasteiger partial charge in [-0.1, -0.05) is 18.5 Å². The van der Waals surface area contributed by atoms with Gasteiger partial charge in [0.05, 0.1) is 31.4 Å².